The van der Waals surface area contributed by atoms with E-state index in [1.54, 1.807) is 13.0 Å². The number of fused-ring (bicyclic) bond motifs is 1. The molecule has 5 heteroatoms. The number of guanidine groups is 1. The van der Waals surface area contributed by atoms with Crippen LogP contribution in [-0.4, -0.2) is 18.0 Å². The third-order valence-corrected chi connectivity index (χ3v) is 2.45. The highest BCUT2D eigenvalue weighted by Gasteiger charge is 2.23. The molecule has 1 heterocycles. The SMILES string of the molecule is CC1Oc2ccccc2C=C1C(=O)N=C(N)N. The number of nitrogens with two attached hydrogens (primary N) is 2. The van der Waals surface area contributed by atoms with Crippen LogP contribution >= 0.6 is 0 Å². The Balaban J connectivity index is 2.39. The smallest absolute Gasteiger partial charge is 0.279 e. The Labute approximate surface area is 98.8 Å². The van der Waals surface area contributed by atoms with Gasteiger partial charge in [0.1, 0.15) is 11.9 Å². The summed E-state index contributed by atoms with van der Waals surface area (Å²) >= 11 is 0. The first kappa shape index (κ1) is 11.2. The molecule has 2 rings (SSSR count). The normalized spacial score (nSPS) is 17.5. The minimum atomic E-state index is -0.466. The zero-order valence-corrected chi connectivity index (χ0v) is 9.38. The topological polar surface area (TPSA) is 90.7 Å². The second-order valence-electron chi connectivity index (χ2n) is 3.74. The number of hydrogen-bond donors (Lipinski definition) is 2. The van der Waals surface area contributed by atoms with Crippen molar-refractivity contribution in [1.82, 2.24) is 0 Å². The lowest BCUT2D eigenvalue weighted by Crippen LogP contribution is -2.28. The number of para-hydroxylation sites is 1. The van der Waals surface area contributed by atoms with Gasteiger partial charge in [0.05, 0.1) is 5.57 Å². The summed E-state index contributed by atoms with van der Waals surface area (Å²) in [6.45, 7) is 1.78. The van der Waals surface area contributed by atoms with Crippen LogP contribution in [0.15, 0.2) is 34.8 Å². The van der Waals surface area contributed by atoms with Crippen LogP contribution in [0.1, 0.15) is 12.5 Å². The number of aliphatic imine (C=N–C) groups is 1. The number of rotatable bonds is 1. The second-order valence-corrected chi connectivity index (χ2v) is 3.74. The van der Waals surface area contributed by atoms with Crippen LogP contribution in [0.25, 0.3) is 6.08 Å². The number of carbonyl (C=O) groups excluding carboxylic acids is 1. The van der Waals surface area contributed by atoms with Crippen molar-refractivity contribution in [2.24, 2.45) is 16.5 Å². The molecule has 4 N–H and O–H groups in total. The predicted octanol–water partition coefficient (Wildman–Crippen LogP) is 0.651. The average molecular weight is 231 g/mol. The Morgan fingerprint density at radius 3 is 2.76 bits per heavy atom. The maximum atomic E-state index is 11.7. The lowest BCUT2D eigenvalue weighted by molar-refractivity contribution is -0.115. The molecule has 1 aliphatic rings. The zero-order valence-electron chi connectivity index (χ0n) is 9.38. The molecule has 17 heavy (non-hydrogen) atoms. The maximum absolute atomic E-state index is 11.7. The summed E-state index contributed by atoms with van der Waals surface area (Å²) in [5.74, 6) is 0.0372. The molecule has 88 valence electrons. The van der Waals surface area contributed by atoms with Crippen LogP contribution in [0.3, 0.4) is 0 Å². The first-order valence-corrected chi connectivity index (χ1v) is 5.19. The summed E-state index contributed by atoms with van der Waals surface area (Å²) in [5, 5.41) is 0. The van der Waals surface area contributed by atoms with Gasteiger partial charge in [-0.15, -0.1) is 0 Å². The number of benzene rings is 1. The number of ether oxygens (including phenoxy) is 1. The molecule has 0 aliphatic carbocycles. The van der Waals surface area contributed by atoms with Crippen molar-refractivity contribution in [2.75, 3.05) is 0 Å². The molecule has 1 atom stereocenters. The van der Waals surface area contributed by atoms with Crippen molar-refractivity contribution in [3.05, 3.63) is 35.4 Å². The summed E-state index contributed by atoms with van der Waals surface area (Å²) < 4.78 is 5.61. The first-order chi connectivity index (χ1) is 8.08. The highest BCUT2D eigenvalue weighted by Crippen LogP contribution is 2.29. The van der Waals surface area contributed by atoms with Crippen LogP contribution in [0.4, 0.5) is 0 Å². The largest absolute Gasteiger partial charge is 0.485 e. The fourth-order valence-corrected chi connectivity index (χ4v) is 1.66. The van der Waals surface area contributed by atoms with Crippen LogP contribution in [0.2, 0.25) is 0 Å². The van der Waals surface area contributed by atoms with E-state index >= 15 is 0 Å². The van der Waals surface area contributed by atoms with Gasteiger partial charge in [-0.3, -0.25) is 4.79 Å². The van der Waals surface area contributed by atoms with E-state index in [9.17, 15) is 4.79 Å². The molecule has 0 aromatic heterocycles. The quantitative estimate of drug-likeness (QED) is 0.548. The van der Waals surface area contributed by atoms with E-state index in [1.807, 2.05) is 24.3 Å². The molecule has 1 aliphatic heterocycles. The Morgan fingerprint density at radius 2 is 2.06 bits per heavy atom. The van der Waals surface area contributed by atoms with Crippen molar-refractivity contribution in [3.63, 3.8) is 0 Å². The molecule has 0 radical (unpaired) electrons. The maximum Gasteiger partial charge on any atom is 0.279 e. The fourth-order valence-electron chi connectivity index (χ4n) is 1.66. The molecule has 0 fully saturated rings. The number of amides is 1. The molecule has 0 saturated carbocycles. The zero-order chi connectivity index (χ0) is 12.4. The lowest BCUT2D eigenvalue weighted by atomic mass is 10.0. The van der Waals surface area contributed by atoms with E-state index in [4.69, 9.17) is 16.2 Å². The van der Waals surface area contributed by atoms with Gasteiger partial charge >= 0.3 is 0 Å². The van der Waals surface area contributed by atoms with E-state index in [2.05, 4.69) is 4.99 Å². The van der Waals surface area contributed by atoms with Crippen molar-refractivity contribution >= 4 is 17.9 Å². The van der Waals surface area contributed by atoms with Crippen LogP contribution in [0.5, 0.6) is 5.75 Å². The van der Waals surface area contributed by atoms with Gasteiger partial charge in [-0.05, 0) is 19.1 Å². The second kappa shape index (κ2) is 4.29. The molecule has 0 spiro atoms. The number of hydrogen-bond acceptors (Lipinski definition) is 2. The summed E-state index contributed by atoms with van der Waals surface area (Å²) in [5.41, 5.74) is 11.6. The molecule has 0 saturated heterocycles. The van der Waals surface area contributed by atoms with Crippen LogP contribution < -0.4 is 16.2 Å². The molecule has 1 unspecified atom stereocenters. The van der Waals surface area contributed by atoms with Gasteiger partial charge < -0.3 is 16.2 Å². The molecule has 1 aromatic rings. The Hall–Kier alpha value is -2.30. The van der Waals surface area contributed by atoms with Gasteiger partial charge in [0, 0.05) is 5.56 Å². The molecule has 5 nitrogen and oxygen atoms in total. The Kier molecular flexibility index (Phi) is 2.82. The highest BCUT2D eigenvalue weighted by atomic mass is 16.5. The van der Waals surface area contributed by atoms with Gasteiger partial charge in [-0.1, -0.05) is 18.2 Å². The standard InChI is InChI=1S/C12H13N3O2/c1-7-9(11(16)15-12(13)14)6-8-4-2-3-5-10(8)17-7/h2-7H,1H3,(H4,13,14,15,16). The van der Waals surface area contributed by atoms with Gasteiger partial charge in [-0.2, -0.15) is 4.99 Å². The third kappa shape index (κ3) is 2.28. The van der Waals surface area contributed by atoms with E-state index in [1.165, 1.54) is 0 Å². The van der Waals surface area contributed by atoms with Crippen LogP contribution in [0, 0.1) is 0 Å². The van der Waals surface area contributed by atoms with Crippen molar-refractivity contribution in [3.8, 4) is 5.75 Å². The van der Waals surface area contributed by atoms with Crippen molar-refractivity contribution < 1.29 is 9.53 Å². The van der Waals surface area contributed by atoms with Gasteiger partial charge in [0.2, 0.25) is 0 Å². The summed E-state index contributed by atoms with van der Waals surface area (Å²) in [7, 11) is 0. The third-order valence-electron chi connectivity index (χ3n) is 2.45. The van der Waals surface area contributed by atoms with Gasteiger partial charge in [0.15, 0.2) is 5.96 Å². The molecular weight excluding hydrogens is 218 g/mol. The monoisotopic (exact) mass is 231 g/mol. The molecule has 0 bridgehead atoms. The Morgan fingerprint density at radius 1 is 1.35 bits per heavy atom. The Bertz CT molecular complexity index is 516. The molecule has 1 aromatic carbocycles. The average Bonchev–Trinajstić information content (AvgIpc) is 2.27. The first-order valence-electron chi connectivity index (χ1n) is 5.19. The van der Waals surface area contributed by atoms with E-state index in [-0.39, 0.29) is 12.1 Å². The summed E-state index contributed by atoms with van der Waals surface area (Å²) in [4.78, 5) is 15.2. The van der Waals surface area contributed by atoms with Gasteiger partial charge in [0.25, 0.3) is 5.91 Å². The summed E-state index contributed by atoms with van der Waals surface area (Å²) in [6.07, 6.45) is 1.39. The van der Waals surface area contributed by atoms with Crippen LogP contribution in [-0.2, 0) is 4.79 Å². The lowest BCUT2D eigenvalue weighted by Gasteiger charge is -2.22. The minimum absolute atomic E-state index is 0.248. The van der Waals surface area contributed by atoms with E-state index < -0.39 is 5.91 Å². The van der Waals surface area contributed by atoms with Crippen molar-refractivity contribution in [1.29, 1.82) is 0 Å². The predicted molar refractivity (Wildman–Crippen MR) is 65.3 cm³/mol. The minimum Gasteiger partial charge on any atom is -0.485 e. The fraction of sp³-hybridized carbons (Fsp3) is 0.167. The molecule has 1 amide bonds. The summed E-state index contributed by atoms with van der Waals surface area (Å²) in [6, 6.07) is 7.47. The van der Waals surface area contributed by atoms with E-state index in [0.29, 0.717) is 5.57 Å². The number of nitrogens with zero attached hydrogens (tertiary/aromatic N) is 1. The van der Waals surface area contributed by atoms with Gasteiger partial charge in [-0.25, -0.2) is 0 Å². The highest BCUT2D eigenvalue weighted by molar-refractivity contribution is 6.05. The number of carbonyl (C=O) groups is 1. The van der Waals surface area contributed by atoms with E-state index in [0.717, 1.165) is 11.3 Å². The molecular formula is C12H13N3O2. The van der Waals surface area contributed by atoms with Crippen molar-refractivity contribution in [2.45, 2.75) is 13.0 Å².